The Morgan fingerprint density at radius 3 is 2.91 bits per heavy atom. The lowest BCUT2D eigenvalue weighted by Crippen LogP contribution is -2.20. The molecule has 0 saturated carbocycles. The molecular formula is C19H15ClN2O. The molecule has 2 heterocycles. The summed E-state index contributed by atoms with van der Waals surface area (Å²) in [5.74, 6) is 0.756. The van der Waals surface area contributed by atoms with Gasteiger partial charge in [0.2, 0.25) is 0 Å². The van der Waals surface area contributed by atoms with Gasteiger partial charge in [-0.3, -0.25) is 9.36 Å². The number of hydrogen-bond donors (Lipinski definition) is 0. The lowest BCUT2D eigenvalue weighted by molar-refractivity contribution is 0.725. The quantitative estimate of drug-likeness (QED) is 0.669. The molecule has 0 unspecified atom stereocenters. The Labute approximate surface area is 138 Å². The number of aromatic nitrogens is 2. The number of allylic oxidation sites excluding steroid dienone is 1. The monoisotopic (exact) mass is 322 g/mol. The van der Waals surface area contributed by atoms with Crippen molar-refractivity contribution >= 4 is 34.2 Å². The Morgan fingerprint density at radius 1 is 1.22 bits per heavy atom. The van der Waals surface area contributed by atoms with Gasteiger partial charge in [-0.2, -0.15) is 0 Å². The van der Waals surface area contributed by atoms with Crippen molar-refractivity contribution in [3.8, 4) is 0 Å². The minimum atomic E-state index is 0.00862. The van der Waals surface area contributed by atoms with Crippen LogP contribution in [0.5, 0.6) is 0 Å². The van der Waals surface area contributed by atoms with Gasteiger partial charge in [-0.15, -0.1) is 0 Å². The summed E-state index contributed by atoms with van der Waals surface area (Å²) in [6.07, 6.45) is 2.94. The highest BCUT2D eigenvalue weighted by atomic mass is 35.5. The summed E-state index contributed by atoms with van der Waals surface area (Å²) in [6, 6.07) is 13.5. The lowest BCUT2D eigenvalue weighted by Gasteiger charge is -2.06. The van der Waals surface area contributed by atoms with Crippen molar-refractivity contribution in [1.29, 1.82) is 0 Å². The van der Waals surface area contributed by atoms with Gasteiger partial charge in [0.15, 0.2) is 0 Å². The average Bonchev–Trinajstić information content (AvgIpc) is 2.90. The van der Waals surface area contributed by atoms with Gasteiger partial charge in [-0.25, -0.2) is 4.98 Å². The fourth-order valence-electron chi connectivity index (χ4n) is 3.09. The second-order valence-electron chi connectivity index (χ2n) is 5.89. The first-order valence-electron chi connectivity index (χ1n) is 7.59. The summed E-state index contributed by atoms with van der Waals surface area (Å²) in [5.41, 5.74) is 4.11. The maximum Gasteiger partial charge on any atom is 0.261 e. The number of halogens is 1. The molecule has 4 heteroatoms. The molecule has 1 aliphatic rings. The molecule has 1 aromatic heterocycles. The molecule has 0 amide bonds. The highest BCUT2D eigenvalue weighted by Gasteiger charge is 2.20. The molecular weight excluding hydrogens is 308 g/mol. The van der Waals surface area contributed by atoms with E-state index in [0.29, 0.717) is 22.5 Å². The third kappa shape index (κ3) is 2.47. The van der Waals surface area contributed by atoms with Crippen LogP contribution >= 0.6 is 11.6 Å². The molecule has 114 valence electrons. The van der Waals surface area contributed by atoms with Crippen LogP contribution < -0.4 is 5.56 Å². The van der Waals surface area contributed by atoms with E-state index in [-0.39, 0.29) is 5.56 Å². The topological polar surface area (TPSA) is 34.9 Å². The first-order chi connectivity index (χ1) is 11.1. The van der Waals surface area contributed by atoms with Crippen molar-refractivity contribution in [3.63, 3.8) is 0 Å². The van der Waals surface area contributed by atoms with Crippen LogP contribution in [0.4, 0.5) is 0 Å². The third-order valence-electron chi connectivity index (χ3n) is 4.19. The summed E-state index contributed by atoms with van der Waals surface area (Å²) in [5, 5.41) is 1.21. The molecule has 0 bridgehead atoms. The second kappa shape index (κ2) is 5.36. The number of nitrogens with zero attached hydrogens (tertiary/aromatic N) is 2. The SMILES string of the molecule is Cc1cccc(C=C2CCn3c2nc2cc(Cl)ccc2c3=O)c1. The molecule has 0 fully saturated rings. The van der Waals surface area contributed by atoms with E-state index in [1.54, 1.807) is 22.8 Å². The molecule has 0 aliphatic carbocycles. The molecule has 23 heavy (non-hydrogen) atoms. The van der Waals surface area contributed by atoms with Crippen LogP contribution in [0.2, 0.25) is 5.02 Å². The molecule has 0 atom stereocenters. The van der Waals surface area contributed by atoms with Crippen LogP contribution in [0.1, 0.15) is 23.4 Å². The summed E-state index contributed by atoms with van der Waals surface area (Å²) in [6.45, 7) is 2.75. The van der Waals surface area contributed by atoms with Gasteiger partial charge in [0.25, 0.3) is 5.56 Å². The number of rotatable bonds is 1. The highest BCUT2D eigenvalue weighted by molar-refractivity contribution is 6.31. The zero-order chi connectivity index (χ0) is 16.0. The molecule has 0 radical (unpaired) electrons. The number of hydrogen-bond acceptors (Lipinski definition) is 2. The normalized spacial score (nSPS) is 15.3. The van der Waals surface area contributed by atoms with Crippen LogP contribution in [0.15, 0.2) is 47.3 Å². The van der Waals surface area contributed by atoms with Crippen molar-refractivity contribution in [1.82, 2.24) is 9.55 Å². The highest BCUT2D eigenvalue weighted by Crippen LogP contribution is 2.28. The van der Waals surface area contributed by atoms with E-state index in [1.807, 2.05) is 6.07 Å². The van der Waals surface area contributed by atoms with E-state index in [1.165, 1.54) is 5.56 Å². The zero-order valence-corrected chi connectivity index (χ0v) is 13.5. The number of benzene rings is 2. The Bertz CT molecular complexity index is 1020. The molecule has 0 saturated heterocycles. The Kier molecular flexibility index (Phi) is 3.31. The fourth-order valence-corrected chi connectivity index (χ4v) is 3.25. The predicted molar refractivity (Wildman–Crippen MR) is 94.7 cm³/mol. The molecule has 4 rings (SSSR count). The smallest absolute Gasteiger partial charge is 0.261 e. The van der Waals surface area contributed by atoms with E-state index < -0.39 is 0 Å². The Balaban J connectivity index is 1.91. The van der Waals surface area contributed by atoms with Crippen LogP contribution in [0.25, 0.3) is 22.6 Å². The van der Waals surface area contributed by atoms with Crippen molar-refractivity contribution < 1.29 is 0 Å². The number of fused-ring (bicyclic) bond motifs is 2. The molecule has 0 spiro atoms. The standard InChI is InChI=1S/C19H15ClN2O/c1-12-3-2-4-13(9-12)10-14-7-8-22-18(14)21-17-11-15(20)5-6-16(17)19(22)23/h2-6,9-11H,7-8H2,1H3. The minimum Gasteiger partial charge on any atom is -0.292 e. The van der Waals surface area contributed by atoms with Crippen LogP contribution in [0.3, 0.4) is 0 Å². The maximum atomic E-state index is 12.6. The summed E-state index contributed by atoms with van der Waals surface area (Å²) >= 11 is 6.04. The largest absolute Gasteiger partial charge is 0.292 e. The summed E-state index contributed by atoms with van der Waals surface area (Å²) < 4.78 is 1.76. The van der Waals surface area contributed by atoms with Gasteiger partial charge in [0, 0.05) is 11.6 Å². The van der Waals surface area contributed by atoms with Gasteiger partial charge in [0.1, 0.15) is 5.82 Å². The van der Waals surface area contributed by atoms with E-state index in [9.17, 15) is 4.79 Å². The first kappa shape index (κ1) is 14.2. The van der Waals surface area contributed by atoms with Crippen molar-refractivity contribution in [3.05, 3.63) is 74.8 Å². The third-order valence-corrected chi connectivity index (χ3v) is 4.43. The fraction of sp³-hybridized carbons (Fsp3) is 0.158. The molecule has 2 aromatic carbocycles. The van der Waals surface area contributed by atoms with Gasteiger partial charge in [0.05, 0.1) is 10.9 Å². The maximum absolute atomic E-state index is 12.6. The van der Waals surface area contributed by atoms with Gasteiger partial charge >= 0.3 is 0 Å². The zero-order valence-electron chi connectivity index (χ0n) is 12.7. The van der Waals surface area contributed by atoms with Crippen molar-refractivity contribution in [2.24, 2.45) is 0 Å². The first-order valence-corrected chi connectivity index (χ1v) is 7.97. The van der Waals surface area contributed by atoms with Gasteiger partial charge < -0.3 is 0 Å². The predicted octanol–water partition coefficient (Wildman–Crippen LogP) is 4.30. The molecule has 3 nitrogen and oxygen atoms in total. The van der Waals surface area contributed by atoms with E-state index >= 15 is 0 Å². The summed E-state index contributed by atoms with van der Waals surface area (Å²) in [4.78, 5) is 17.3. The summed E-state index contributed by atoms with van der Waals surface area (Å²) in [7, 11) is 0. The average molecular weight is 323 g/mol. The van der Waals surface area contributed by atoms with E-state index in [2.05, 4.69) is 36.2 Å². The van der Waals surface area contributed by atoms with Gasteiger partial charge in [-0.1, -0.05) is 41.4 Å². The van der Waals surface area contributed by atoms with Crippen molar-refractivity contribution in [2.45, 2.75) is 19.9 Å². The van der Waals surface area contributed by atoms with E-state index in [0.717, 1.165) is 23.4 Å². The Hall–Kier alpha value is -2.39. The molecule has 3 aromatic rings. The van der Waals surface area contributed by atoms with Crippen LogP contribution in [-0.2, 0) is 6.54 Å². The van der Waals surface area contributed by atoms with Gasteiger partial charge in [-0.05, 0) is 48.8 Å². The van der Waals surface area contributed by atoms with Crippen molar-refractivity contribution in [2.75, 3.05) is 0 Å². The van der Waals surface area contributed by atoms with E-state index in [4.69, 9.17) is 11.6 Å². The minimum absolute atomic E-state index is 0.00862. The Morgan fingerprint density at radius 2 is 2.09 bits per heavy atom. The number of aryl methyl sites for hydroxylation is 1. The molecule has 0 N–H and O–H groups in total. The van der Waals surface area contributed by atoms with Crippen LogP contribution in [0, 0.1) is 6.92 Å². The van der Waals surface area contributed by atoms with Crippen LogP contribution in [-0.4, -0.2) is 9.55 Å². The lowest BCUT2D eigenvalue weighted by atomic mass is 10.1. The molecule has 1 aliphatic heterocycles. The second-order valence-corrected chi connectivity index (χ2v) is 6.32.